The maximum absolute atomic E-state index is 14.8. The van der Waals surface area contributed by atoms with Gasteiger partial charge in [0.05, 0.1) is 58.7 Å². The zero-order valence-electron chi connectivity index (χ0n) is 20.9. The first-order valence-electron chi connectivity index (χ1n) is 11.6. The summed E-state index contributed by atoms with van der Waals surface area (Å²) in [6.07, 6.45) is -2.20. The van der Waals surface area contributed by atoms with Gasteiger partial charge in [-0.05, 0) is 55.8 Å². The van der Waals surface area contributed by atoms with Crippen LogP contribution in [0, 0.1) is 40.9 Å². The highest BCUT2D eigenvalue weighted by atomic mass is 19.4. The van der Waals surface area contributed by atoms with E-state index in [1.807, 2.05) is 0 Å². The highest BCUT2D eigenvalue weighted by Crippen LogP contribution is 2.37. The Bertz CT molecular complexity index is 1730. The van der Waals surface area contributed by atoms with Gasteiger partial charge in [-0.15, -0.1) is 0 Å². The smallest absolute Gasteiger partial charge is 0.261 e. The normalized spacial score (nSPS) is 11.8. The molecule has 0 N–H and O–H groups in total. The molecule has 40 heavy (non-hydrogen) atoms. The fraction of sp³-hybridized carbons (Fsp3) is 0.172. The Kier molecular flexibility index (Phi) is 7.07. The molecule has 0 fully saturated rings. The summed E-state index contributed by atoms with van der Waals surface area (Å²) in [7, 11) is 0. The van der Waals surface area contributed by atoms with Crippen LogP contribution in [0.25, 0.3) is 16.1 Å². The second-order valence-corrected chi connectivity index (χ2v) is 9.24. The number of halogens is 5. The third-order valence-electron chi connectivity index (χ3n) is 6.46. The maximum Gasteiger partial charge on any atom is 0.416 e. The van der Waals surface area contributed by atoms with Crippen molar-refractivity contribution in [1.82, 2.24) is 15.0 Å². The van der Waals surface area contributed by atoms with Gasteiger partial charge in [0.25, 0.3) is 5.69 Å². The third-order valence-corrected chi connectivity index (χ3v) is 6.46. The van der Waals surface area contributed by atoms with Gasteiger partial charge in [-0.25, -0.2) is 13.6 Å². The van der Waals surface area contributed by atoms with Crippen molar-refractivity contribution in [2.45, 2.75) is 30.9 Å². The van der Waals surface area contributed by atoms with E-state index in [9.17, 15) is 32.5 Å². The fourth-order valence-electron chi connectivity index (χ4n) is 4.10. The van der Waals surface area contributed by atoms with E-state index in [0.29, 0.717) is 5.69 Å². The number of hydrogen-bond donors (Lipinski definition) is 0. The number of pyridine rings is 1. The van der Waals surface area contributed by atoms with Gasteiger partial charge in [-0.2, -0.15) is 23.7 Å². The predicted octanol–water partition coefficient (Wildman–Crippen LogP) is 7.05. The molecule has 11 heteroatoms. The van der Waals surface area contributed by atoms with Gasteiger partial charge >= 0.3 is 6.18 Å². The molecule has 0 atom stereocenters. The van der Waals surface area contributed by atoms with Gasteiger partial charge in [-0.1, -0.05) is 18.2 Å². The van der Waals surface area contributed by atoms with Crippen LogP contribution in [-0.2, 0) is 17.0 Å². The summed E-state index contributed by atoms with van der Waals surface area (Å²) < 4.78 is 68.8. The first-order valence-corrected chi connectivity index (χ1v) is 11.6. The highest BCUT2D eigenvalue weighted by Gasteiger charge is 2.40. The van der Waals surface area contributed by atoms with Crippen molar-refractivity contribution < 1.29 is 22.0 Å². The maximum atomic E-state index is 14.8. The van der Waals surface area contributed by atoms with Crippen molar-refractivity contribution >= 4 is 5.69 Å². The molecule has 6 nitrogen and oxygen atoms in total. The molecule has 2 aromatic carbocycles. The first-order chi connectivity index (χ1) is 18.9. The molecule has 0 bridgehead atoms. The molecule has 0 aliphatic carbocycles. The molecule has 2 aromatic heterocycles. The summed E-state index contributed by atoms with van der Waals surface area (Å²) >= 11 is 0. The topological polar surface area (TPSA) is 90.6 Å². The Morgan fingerprint density at radius 2 is 1.48 bits per heavy atom. The Morgan fingerprint density at radius 3 is 2.12 bits per heavy atom. The molecule has 0 saturated heterocycles. The summed E-state index contributed by atoms with van der Waals surface area (Å²) in [4.78, 5) is 16.0. The number of rotatable bonds is 5. The monoisotopic (exact) mass is 544 g/mol. The molecular weight excluding hydrogens is 527 g/mol. The van der Waals surface area contributed by atoms with E-state index in [1.165, 1.54) is 24.4 Å². The van der Waals surface area contributed by atoms with E-state index in [4.69, 9.17) is 6.57 Å². The zero-order chi connectivity index (χ0) is 29.3. The molecule has 0 aliphatic heterocycles. The average Bonchev–Trinajstić information content (AvgIpc) is 2.94. The zero-order valence-corrected chi connectivity index (χ0v) is 20.9. The van der Waals surface area contributed by atoms with Crippen molar-refractivity contribution in [3.63, 3.8) is 0 Å². The lowest BCUT2D eigenvalue weighted by Gasteiger charge is -2.26. The van der Waals surface area contributed by atoms with Crippen LogP contribution >= 0.6 is 0 Å². The van der Waals surface area contributed by atoms with Gasteiger partial charge in [0, 0.05) is 11.8 Å². The molecule has 0 aliphatic rings. The van der Waals surface area contributed by atoms with Gasteiger partial charge in [0.2, 0.25) is 5.41 Å². The summed E-state index contributed by atoms with van der Waals surface area (Å²) in [6.45, 7) is 10.4. The lowest BCUT2D eigenvalue weighted by Crippen LogP contribution is -2.29. The van der Waals surface area contributed by atoms with Crippen LogP contribution in [0.5, 0.6) is 0 Å². The lowest BCUT2D eigenvalue weighted by molar-refractivity contribution is -0.137. The van der Waals surface area contributed by atoms with E-state index in [-0.39, 0.29) is 28.2 Å². The minimum atomic E-state index is -4.70. The number of aromatic nitrogens is 3. The van der Waals surface area contributed by atoms with Crippen LogP contribution in [0.2, 0.25) is 0 Å². The van der Waals surface area contributed by atoms with Gasteiger partial charge in [0.15, 0.2) is 0 Å². The molecule has 0 amide bonds. The van der Waals surface area contributed by atoms with Crippen LogP contribution < -0.4 is 0 Å². The van der Waals surface area contributed by atoms with Gasteiger partial charge in [0.1, 0.15) is 11.6 Å². The summed E-state index contributed by atoms with van der Waals surface area (Å²) in [5, 5.41) is 20.0. The second kappa shape index (κ2) is 10.2. The van der Waals surface area contributed by atoms with Crippen molar-refractivity contribution in [2.24, 2.45) is 0 Å². The molecule has 0 saturated carbocycles. The quantitative estimate of drug-likeness (QED) is 0.198. The Hall–Kier alpha value is -5.21. The number of benzene rings is 2. The molecule has 2 heterocycles. The molecule has 4 aromatic rings. The van der Waals surface area contributed by atoms with Crippen molar-refractivity contribution in [3.05, 3.63) is 118 Å². The minimum Gasteiger partial charge on any atom is -0.261 e. The minimum absolute atomic E-state index is 0.0950. The number of alkyl halides is 3. The molecule has 0 spiro atoms. The van der Waals surface area contributed by atoms with E-state index in [1.54, 1.807) is 38.1 Å². The van der Waals surface area contributed by atoms with Gasteiger partial charge < -0.3 is 0 Å². The van der Waals surface area contributed by atoms with E-state index < -0.39 is 39.9 Å². The Morgan fingerprint density at radius 1 is 0.825 bits per heavy atom. The van der Waals surface area contributed by atoms with Crippen LogP contribution in [-0.4, -0.2) is 15.0 Å². The fourth-order valence-corrected chi connectivity index (χ4v) is 4.10. The van der Waals surface area contributed by atoms with Crippen LogP contribution in [0.15, 0.2) is 67.0 Å². The predicted molar refractivity (Wildman–Crippen MR) is 133 cm³/mol. The molecule has 0 unspecified atom stereocenters. The standard InChI is InChI=1S/C29H17F5N6/c1-27(2,22-9-5-8-21(39-22)19-10-11-20(30)26(37-3)25(19)31)23-13-38-14-24(40-23)28(15-35,16-36)17-6-4-7-18(12-17)29(32,33)34/h4-14H,1-2H3. The number of nitrogens with zero attached hydrogens (tertiary/aromatic N) is 6. The SMILES string of the molecule is [C-]#[N+]c1c(F)ccc(-c2cccc(C(C)(C)c3cncc(C(C#N)(C#N)c4cccc(C(F)(F)F)c4)n3)n2)c1F. The second-order valence-electron chi connectivity index (χ2n) is 9.24. The Labute approximate surface area is 225 Å². The third kappa shape index (κ3) is 4.72. The summed E-state index contributed by atoms with van der Waals surface area (Å²) in [6, 6.07) is 14.3. The molecular formula is C29H17F5N6. The molecule has 4 rings (SSSR count). The van der Waals surface area contributed by atoms with E-state index in [0.717, 1.165) is 30.5 Å². The largest absolute Gasteiger partial charge is 0.416 e. The van der Waals surface area contributed by atoms with Crippen LogP contribution in [0.4, 0.5) is 27.6 Å². The van der Waals surface area contributed by atoms with E-state index in [2.05, 4.69) is 19.8 Å². The van der Waals surface area contributed by atoms with Crippen LogP contribution in [0.3, 0.4) is 0 Å². The Balaban J connectivity index is 1.82. The van der Waals surface area contributed by atoms with Crippen LogP contribution in [0.1, 0.15) is 42.1 Å². The summed E-state index contributed by atoms with van der Waals surface area (Å²) in [5.74, 6) is -2.06. The molecule has 0 radical (unpaired) electrons. The number of nitriles is 2. The van der Waals surface area contributed by atoms with Crippen molar-refractivity contribution in [2.75, 3.05) is 0 Å². The number of hydrogen-bond acceptors (Lipinski definition) is 5. The summed E-state index contributed by atoms with van der Waals surface area (Å²) in [5.41, 5.74) is -4.89. The highest BCUT2D eigenvalue weighted by molar-refractivity contribution is 5.67. The lowest BCUT2D eigenvalue weighted by atomic mass is 9.79. The van der Waals surface area contributed by atoms with E-state index >= 15 is 0 Å². The average molecular weight is 544 g/mol. The van der Waals surface area contributed by atoms with Gasteiger partial charge in [-0.3, -0.25) is 15.0 Å². The van der Waals surface area contributed by atoms with Crippen molar-refractivity contribution in [3.8, 4) is 23.4 Å². The first kappa shape index (κ1) is 27.8. The van der Waals surface area contributed by atoms with Crippen molar-refractivity contribution in [1.29, 1.82) is 10.5 Å². The molecule has 198 valence electrons.